The van der Waals surface area contributed by atoms with Crippen LogP contribution in [0.1, 0.15) is 16.8 Å². The van der Waals surface area contributed by atoms with E-state index in [1.54, 1.807) is 35.8 Å². The van der Waals surface area contributed by atoms with Crippen molar-refractivity contribution in [1.29, 1.82) is 5.26 Å². The number of fused-ring (bicyclic) bond motifs is 1. The number of carbonyl (C=O) groups is 1. The van der Waals surface area contributed by atoms with Gasteiger partial charge in [-0.2, -0.15) is 18.4 Å². The first-order chi connectivity index (χ1) is 12.3. The summed E-state index contributed by atoms with van der Waals surface area (Å²) >= 11 is 0. The van der Waals surface area contributed by atoms with Gasteiger partial charge in [0.05, 0.1) is 16.6 Å². The SMILES string of the molecule is Cc1c(C#N)c2ccccc2n1CC(=O)Nc1cccc(C(F)(F)F)c1. The molecular weight excluding hydrogens is 343 g/mol. The number of halogens is 3. The van der Waals surface area contributed by atoms with Crippen molar-refractivity contribution in [3.05, 3.63) is 65.4 Å². The van der Waals surface area contributed by atoms with Crippen molar-refractivity contribution in [2.45, 2.75) is 19.6 Å². The maximum absolute atomic E-state index is 12.8. The van der Waals surface area contributed by atoms with Crippen LogP contribution in [0, 0.1) is 18.3 Å². The first kappa shape index (κ1) is 17.5. The van der Waals surface area contributed by atoms with Crippen LogP contribution in [0.3, 0.4) is 0 Å². The zero-order valence-electron chi connectivity index (χ0n) is 13.8. The fourth-order valence-electron chi connectivity index (χ4n) is 2.89. The van der Waals surface area contributed by atoms with E-state index in [1.807, 2.05) is 0 Å². The second kappa shape index (κ2) is 6.56. The van der Waals surface area contributed by atoms with Crippen LogP contribution in [0.15, 0.2) is 48.5 Å². The molecule has 0 aliphatic heterocycles. The van der Waals surface area contributed by atoms with Crippen LogP contribution in [0.5, 0.6) is 0 Å². The Labute approximate surface area is 147 Å². The van der Waals surface area contributed by atoms with E-state index in [-0.39, 0.29) is 12.2 Å². The van der Waals surface area contributed by atoms with Crippen LogP contribution >= 0.6 is 0 Å². The normalized spacial score (nSPS) is 11.3. The van der Waals surface area contributed by atoms with Gasteiger partial charge in [-0.05, 0) is 31.2 Å². The Hall–Kier alpha value is -3.27. The van der Waals surface area contributed by atoms with E-state index in [9.17, 15) is 23.2 Å². The van der Waals surface area contributed by atoms with Crippen LogP contribution in [-0.2, 0) is 17.5 Å². The molecule has 1 heterocycles. The molecular formula is C19H14F3N3O. The summed E-state index contributed by atoms with van der Waals surface area (Å²) in [7, 11) is 0. The van der Waals surface area contributed by atoms with Gasteiger partial charge in [0.25, 0.3) is 0 Å². The Morgan fingerprint density at radius 1 is 1.19 bits per heavy atom. The molecule has 0 unspecified atom stereocenters. The summed E-state index contributed by atoms with van der Waals surface area (Å²) in [5.74, 6) is -0.474. The summed E-state index contributed by atoms with van der Waals surface area (Å²) in [4.78, 5) is 12.3. The van der Waals surface area contributed by atoms with Crippen molar-refractivity contribution < 1.29 is 18.0 Å². The Balaban J connectivity index is 1.87. The number of benzene rings is 2. The summed E-state index contributed by atoms with van der Waals surface area (Å²) < 4.78 is 40.0. The third kappa shape index (κ3) is 3.26. The molecule has 0 saturated heterocycles. The minimum absolute atomic E-state index is 0.0689. The maximum atomic E-state index is 12.8. The molecule has 3 rings (SSSR count). The standard InChI is InChI=1S/C19H14F3N3O/c1-12-16(10-23)15-7-2-3-8-17(15)25(12)11-18(26)24-14-6-4-5-13(9-14)19(20,21)22/h2-9H,11H2,1H3,(H,24,26). The molecule has 0 fully saturated rings. The van der Waals surface area contributed by atoms with E-state index in [2.05, 4.69) is 11.4 Å². The molecule has 1 aromatic heterocycles. The summed E-state index contributed by atoms with van der Waals surface area (Å²) in [6.07, 6.45) is -4.48. The van der Waals surface area contributed by atoms with Gasteiger partial charge in [-0.3, -0.25) is 4.79 Å². The Morgan fingerprint density at radius 3 is 2.62 bits per heavy atom. The second-order valence-electron chi connectivity index (χ2n) is 5.80. The molecule has 7 heteroatoms. The summed E-state index contributed by atoms with van der Waals surface area (Å²) in [5, 5.41) is 12.6. The van der Waals surface area contributed by atoms with E-state index in [0.29, 0.717) is 11.3 Å². The van der Waals surface area contributed by atoms with Crippen LogP contribution < -0.4 is 5.32 Å². The number of rotatable bonds is 3. The maximum Gasteiger partial charge on any atom is 0.416 e. The van der Waals surface area contributed by atoms with Crippen molar-refractivity contribution >= 4 is 22.5 Å². The van der Waals surface area contributed by atoms with Gasteiger partial charge >= 0.3 is 6.18 Å². The van der Waals surface area contributed by atoms with Crippen molar-refractivity contribution in [2.24, 2.45) is 0 Å². The molecule has 0 atom stereocenters. The fraction of sp³-hybridized carbons (Fsp3) is 0.158. The number of carbonyl (C=O) groups excluding carboxylic acids is 1. The smallest absolute Gasteiger partial charge is 0.334 e. The van der Waals surface area contributed by atoms with Crippen molar-refractivity contribution in [2.75, 3.05) is 5.32 Å². The number of hydrogen-bond donors (Lipinski definition) is 1. The van der Waals surface area contributed by atoms with Gasteiger partial charge in [0.1, 0.15) is 12.6 Å². The number of amides is 1. The second-order valence-corrected chi connectivity index (χ2v) is 5.80. The molecule has 3 aromatic rings. The van der Waals surface area contributed by atoms with E-state index in [0.717, 1.165) is 23.0 Å². The topological polar surface area (TPSA) is 57.8 Å². The van der Waals surface area contributed by atoms with Crippen molar-refractivity contribution in [3.63, 3.8) is 0 Å². The molecule has 0 radical (unpaired) electrons. The lowest BCUT2D eigenvalue weighted by Crippen LogP contribution is -2.19. The van der Waals surface area contributed by atoms with E-state index in [4.69, 9.17) is 0 Å². The minimum atomic E-state index is -4.48. The Kier molecular flexibility index (Phi) is 4.43. The molecule has 2 aromatic carbocycles. The van der Waals surface area contributed by atoms with Crippen LogP contribution in [0.2, 0.25) is 0 Å². The molecule has 26 heavy (non-hydrogen) atoms. The quantitative estimate of drug-likeness (QED) is 0.751. The number of nitrogens with zero attached hydrogens (tertiary/aromatic N) is 2. The number of alkyl halides is 3. The third-order valence-electron chi connectivity index (χ3n) is 4.12. The molecule has 132 valence electrons. The van der Waals surface area contributed by atoms with Crippen molar-refractivity contribution in [1.82, 2.24) is 4.57 Å². The Morgan fingerprint density at radius 2 is 1.92 bits per heavy atom. The zero-order valence-corrected chi connectivity index (χ0v) is 13.8. The van der Waals surface area contributed by atoms with Gasteiger partial charge in [0.2, 0.25) is 5.91 Å². The highest BCUT2D eigenvalue weighted by molar-refractivity contribution is 5.94. The lowest BCUT2D eigenvalue weighted by atomic mass is 10.1. The van der Waals surface area contributed by atoms with Gasteiger partial charge in [-0.15, -0.1) is 0 Å². The van der Waals surface area contributed by atoms with Gasteiger partial charge in [0, 0.05) is 16.8 Å². The summed E-state index contributed by atoms with van der Waals surface area (Å²) in [6, 6.07) is 13.8. The van der Waals surface area contributed by atoms with Gasteiger partial charge in [-0.25, -0.2) is 0 Å². The minimum Gasteiger partial charge on any atom is -0.334 e. The molecule has 0 aliphatic rings. The number of anilines is 1. The summed E-state index contributed by atoms with van der Waals surface area (Å²) in [6.45, 7) is 1.63. The zero-order chi connectivity index (χ0) is 18.9. The van der Waals surface area contributed by atoms with E-state index < -0.39 is 17.6 Å². The number of para-hydroxylation sites is 1. The largest absolute Gasteiger partial charge is 0.416 e. The van der Waals surface area contributed by atoms with Crippen LogP contribution in [0.4, 0.5) is 18.9 Å². The number of aromatic nitrogens is 1. The van der Waals surface area contributed by atoms with Gasteiger partial charge in [0.15, 0.2) is 0 Å². The molecule has 0 aliphatic carbocycles. The molecule has 0 saturated carbocycles. The average Bonchev–Trinajstić information content (AvgIpc) is 2.86. The monoisotopic (exact) mass is 357 g/mol. The first-order valence-electron chi connectivity index (χ1n) is 7.76. The highest BCUT2D eigenvalue weighted by atomic mass is 19.4. The highest BCUT2D eigenvalue weighted by Crippen LogP contribution is 2.31. The number of hydrogen-bond acceptors (Lipinski definition) is 2. The molecule has 0 bridgehead atoms. The number of nitrogens with one attached hydrogen (secondary N) is 1. The molecule has 0 spiro atoms. The fourth-order valence-corrected chi connectivity index (χ4v) is 2.89. The third-order valence-corrected chi connectivity index (χ3v) is 4.12. The van der Waals surface area contributed by atoms with E-state index >= 15 is 0 Å². The van der Waals surface area contributed by atoms with Crippen LogP contribution in [0.25, 0.3) is 10.9 Å². The lowest BCUT2D eigenvalue weighted by molar-refractivity contribution is -0.137. The van der Waals surface area contributed by atoms with Crippen molar-refractivity contribution in [3.8, 4) is 6.07 Å². The molecule has 1 N–H and O–H groups in total. The van der Waals surface area contributed by atoms with E-state index in [1.165, 1.54) is 12.1 Å². The van der Waals surface area contributed by atoms with Gasteiger partial charge in [-0.1, -0.05) is 24.3 Å². The summed E-state index contributed by atoms with van der Waals surface area (Å²) in [5.41, 5.74) is 1.07. The predicted molar refractivity (Wildman–Crippen MR) is 91.5 cm³/mol. The van der Waals surface area contributed by atoms with Crippen LogP contribution in [-0.4, -0.2) is 10.5 Å². The molecule has 4 nitrogen and oxygen atoms in total. The number of nitriles is 1. The highest BCUT2D eigenvalue weighted by Gasteiger charge is 2.30. The van der Waals surface area contributed by atoms with Gasteiger partial charge < -0.3 is 9.88 Å². The molecule has 1 amide bonds. The Bertz CT molecular complexity index is 1030. The lowest BCUT2D eigenvalue weighted by Gasteiger charge is -2.11. The first-order valence-corrected chi connectivity index (χ1v) is 7.76. The predicted octanol–water partition coefficient (Wildman–Crippen LogP) is 4.48. The average molecular weight is 357 g/mol.